The molecule has 0 bridgehead atoms. The van der Waals surface area contributed by atoms with E-state index in [0.29, 0.717) is 18.0 Å². The molecule has 1 aromatic rings. The second-order valence-electron chi connectivity index (χ2n) is 5.45. The molecule has 1 saturated heterocycles. The van der Waals surface area contributed by atoms with Crippen molar-refractivity contribution in [2.45, 2.75) is 32.7 Å². The molecule has 0 radical (unpaired) electrons. The lowest BCUT2D eigenvalue weighted by Crippen LogP contribution is -2.44. The summed E-state index contributed by atoms with van der Waals surface area (Å²) in [5, 5.41) is 0. The van der Waals surface area contributed by atoms with Crippen LogP contribution in [0.1, 0.15) is 42.6 Å². The van der Waals surface area contributed by atoms with Crippen LogP contribution < -0.4 is 5.73 Å². The van der Waals surface area contributed by atoms with Crippen LogP contribution in [0.25, 0.3) is 0 Å². The highest BCUT2D eigenvalue weighted by Crippen LogP contribution is 2.23. The standard InChI is InChI=1S/C16H21N3O/c1-12-5-7-19(13(2)8-12)16(20)15-9-14(4-3-6-17)10-18-11-15/h9-13H,5-8,17H2,1-2H3. The molecule has 1 aliphatic rings. The van der Waals surface area contributed by atoms with E-state index >= 15 is 0 Å². The molecule has 2 unspecified atom stereocenters. The largest absolute Gasteiger partial charge is 0.336 e. The highest BCUT2D eigenvalue weighted by Gasteiger charge is 2.27. The van der Waals surface area contributed by atoms with Crippen LogP contribution >= 0.6 is 0 Å². The smallest absolute Gasteiger partial charge is 0.255 e. The third-order valence-corrected chi connectivity index (χ3v) is 3.72. The van der Waals surface area contributed by atoms with Gasteiger partial charge in [0.25, 0.3) is 5.91 Å². The Morgan fingerprint density at radius 1 is 1.50 bits per heavy atom. The highest BCUT2D eigenvalue weighted by atomic mass is 16.2. The maximum absolute atomic E-state index is 12.6. The van der Waals surface area contributed by atoms with Crippen molar-refractivity contribution in [3.63, 3.8) is 0 Å². The van der Waals surface area contributed by atoms with E-state index < -0.39 is 0 Å². The first kappa shape index (κ1) is 14.5. The van der Waals surface area contributed by atoms with Gasteiger partial charge in [-0.25, -0.2) is 0 Å². The summed E-state index contributed by atoms with van der Waals surface area (Å²) in [6.07, 6.45) is 5.39. The summed E-state index contributed by atoms with van der Waals surface area (Å²) in [6, 6.07) is 2.08. The molecular weight excluding hydrogens is 250 g/mol. The lowest BCUT2D eigenvalue weighted by molar-refractivity contribution is 0.0588. The number of nitrogens with two attached hydrogens (primary N) is 1. The number of amides is 1. The van der Waals surface area contributed by atoms with Crippen LogP contribution in [0.2, 0.25) is 0 Å². The summed E-state index contributed by atoms with van der Waals surface area (Å²) in [5.41, 5.74) is 6.70. The Hall–Kier alpha value is -1.86. The van der Waals surface area contributed by atoms with Gasteiger partial charge < -0.3 is 10.6 Å². The lowest BCUT2D eigenvalue weighted by atomic mass is 9.93. The zero-order valence-electron chi connectivity index (χ0n) is 12.1. The van der Waals surface area contributed by atoms with E-state index in [0.717, 1.165) is 24.9 Å². The van der Waals surface area contributed by atoms with Crippen molar-refractivity contribution in [1.82, 2.24) is 9.88 Å². The molecule has 0 aromatic carbocycles. The SMILES string of the molecule is CC1CCN(C(=O)c2cncc(C#CCN)c2)C(C)C1. The van der Waals surface area contributed by atoms with Gasteiger partial charge in [0.05, 0.1) is 12.1 Å². The van der Waals surface area contributed by atoms with E-state index in [1.165, 1.54) is 0 Å². The van der Waals surface area contributed by atoms with Gasteiger partial charge in [-0.05, 0) is 31.7 Å². The Balaban J connectivity index is 2.16. The van der Waals surface area contributed by atoms with Gasteiger partial charge in [-0.2, -0.15) is 0 Å². The van der Waals surface area contributed by atoms with Gasteiger partial charge in [-0.15, -0.1) is 0 Å². The average Bonchev–Trinajstić information content (AvgIpc) is 2.45. The Bertz CT molecular complexity index is 544. The zero-order valence-corrected chi connectivity index (χ0v) is 12.1. The molecule has 0 spiro atoms. The molecule has 1 amide bonds. The van der Waals surface area contributed by atoms with E-state index in [1.54, 1.807) is 18.5 Å². The van der Waals surface area contributed by atoms with Crippen LogP contribution in [0.3, 0.4) is 0 Å². The van der Waals surface area contributed by atoms with Gasteiger partial charge >= 0.3 is 0 Å². The molecule has 2 N–H and O–H groups in total. The van der Waals surface area contributed by atoms with Crippen LogP contribution in [0, 0.1) is 17.8 Å². The van der Waals surface area contributed by atoms with Crippen molar-refractivity contribution >= 4 is 5.91 Å². The number of aromatic nitrogens is 1. The van der Waals surface area contributed by atoms with Gasteiger partial charge in [-0.3, -0.25) is 9.78 Å². The summed E-state index contributed by atoms with van der Waals surface area (Å²) < 4.78 is 0. The number of hydrogen-bond donors (Lipinski definition) is 1. The molecule has 1 aromatic heterocycles. The van der Waals surface area contributed by atoms with Crippen molar-refractivity contribution in [1.29, 1.82) is 0 Å². The van der Waals surface area contributed by atoms with Crippen LogP contribution in [-0.2, 0) is 0 Å². The Labute approximate surface area is 120 Å². The topological polar surface area (TPSA) is 59.2 Å². The molecular formula is C16H21N3O. The molecule has 1 fully saturated rings. The maximum atomic E-state index is 12.6. The van der Waals surface area contributed by atoms with Crippen molar-refractivity contribution in [2.24, 2.45) is 11.7 Å². The Kier molecular flexibility index (Phi) is 4.75. The van der Waals surface area contributed by atoms with Crippen molar-refractivity contribution in [3.8, 4) is 11.8 Å². The van der Waals surface area contributed by atoms with Crippen molar-refractivity contribution in [2.75, 3.05) is 13.1 Å². The molecule has 20 heavy (non-hydrogen) atoms. The second kappa shape index (κ2) is 6.53. The number of nitrogens with zero attached hydrogens (tertiary/aromatic N) is 2. The summed E-state index contributed by atoms with van der Waals surface area (Å²) in [5.74, 6) is 6.43. The normalized spacial score (nSPS) is 22.1. The van der Waals surface area contributed by atoms with Gasteiger partial charge in [0.2, 0.25) is 0 Å². The number of carbonyl (C=O) groups excluding carboxylic acids is 1. The first-order valence-electron chi connectivity index (χ1n) is 7.06. The van der Waals surface area contributed by atoms with E-state index in [-0.39, 0.29) is 11.9 Å². The first-order valence-corrected chi connectivity index (χ1v) is 7.06. The molecule has 106 valence electrons. The van der Waals surface area contributed by atoms with Gasteiger partial charge in [0.15, 0.2) is 0 Å². The Morgan fingerprint density at radius 3 is 3.00 bits per heavy atom. The molecule has 2 rings (SSSR count). The fourth-order valence-electron chi connectivity index (χ4n) is 2.65. The molecule has 1 aliphatic heterocycles. The fraction of sp³-hybridized carbons (Fsp3) is 0.500. The third-order valence-electron chi connectivity index (χ3n) is 3.72. The number of carbonyl (C=O) groups is 1. The molecule has 2 atom stereocenters. The van der Waals surface area contributed by atoms with Gasteiger partial charge in [-0.1, -0.05) is 18.8 Å². The monoisotopic (exact) mass is 271 g/mol. The summed E-state index contributed by atoms with van der Waals surface area (Å²) in [4.78, 5) is 18.6. The van der Waals surface area contributed by atoms with Gasteiger partial charge in [0.1, 0.15) is 0 Å². The minimum Gasteiger partial charge on any atom is -0.336 e. The molecule has 0 saturated carbocycles. The maximum Gasteiger partial charge on any atom is 0.255 e. The second-order valence-corrected chi connectivity index (χ2v) is 5.45. The molecule has 4 nitrogen and oxygen atoms in total. The zero-order chi connectivity index (χ0) is 14.5. The number of pyridine rings is 1. The van der Waals surface area contributed by atoms with E-state index in [9.17, 15) is 4.79 Å². The van der Waals surface area contributed by atoms with E-state index in [2.05, 4.69) is 30.7 Å². The molecule has 2 heterocycles. The fourth-order valence-corrected chi connectivity index (χ4v) is 2.65. The van der Waals surface area contributed by atoms with Crippen LogP contribution in [0.15, 0.2) is 18.5 Å². The quantitative estimate of drug-likeness (QED) is 0.790. The molecule has 0 aliphatic carbocycles. The van der Waals surface area contributed by atoms with Crippen molar-refractivity contribution in [3.05, 3.63) is 29.6 Å². The average molecular weight is 271 g/mol. The Morgan fingerprint density at radius 2 is 2.30 bits per heavy atom. The summed E-state index contributed by atoms with van der Waals surface area (Å²) >= 11 is 0. The van der Waals surface area contributed by atoms with Crippen molar-refractivity contribution < 1.29 is 4.79 Å². The van der Waals surface area contributed by atoms with Crippen LogP contribution in [0.4, 0.5) is 0 Å². The van der Waals surface area contributed by atoms with Gasteiger partial charge in [0, 0.05) is 30.5 Å². The minimum atomic E-state index is 0.0494. The minimum absolute atomic E-state index is 0.0494. The number of likely N-dealkylation sites (tertiary alicyclic amines) is 1. The lowest BCUT2D eigenvalue weighted by Gasteiger charge is -2.36. The van der Waals surface area contributed by atoms with Crippen LogP contribution in [0.5, 0.6) is 0 Å². The van der Waals surface area contributed by atoms with E-state index in [1.807, 2.05) is 4.90 Å². The third kappa shape index (κ3) is 3.37. The predicted molar refractivity (Wildman–Crippen MR) is 79.1 cm³/mol. The summed E-state index contributed by atoms with van der Waals surface area (Å²) in [7, 11) is 0. The highest BCUT2D eigenvalue weighted by molar-refractivity contribution is 5.94. The number of hydrogen-bond acceptors (Lipinski definition) is 3. The first-order chi connectivity index (χ1) is 9.61. The number of piperidine rings is 1. The summed E-state index contributed by atoms with van der Waals surface area (Å²) in [6.45, 7) is 5.47. The molecule has 4 heteroatoms. The number of rotatable bonds is 1. The predicted octanol–water partition coefficient (Wildman–Crippen LogP) is 1.65. The van der Waals surface area contributed by atoms with E-state index in [4.69, 9.17) is 5.73 Å². The van der Waals surface area contributed by atoms with Crippen LogP contribution in [-0.4, -0.2) is 34.9 Å².